The summed E-state index contributed by atoms with van der Waals surface area (Å²) in [6.45, 7) is 10.2. The molecule has 0 aromatic carbocycles. The lowest BCUT2D eigenvalue weighted by Gasteiger charge is -2.61. The molecule has 4 nitrogen and oxygen atoms in total. The van der Waals surface area contributed by atoms with Crippen LogP contribution in [0, 0.1) is 28.6 Å². The molecule has 0 heterocycles. The van der Waals surface area contributed by atoms with Gasteiger partial charge in [0.1, 0.15) is 0 Å². The van der Waals surface area contributed by atoms with Gasteiger partial charge >= 0.3 is 5.97 Å². The molecule has 4 heteroatoms. The maximum atomic E-state index is 12.1. The Morgan fingerprint density at radius 2 is 2.04 bits per heavy atom. The maximum Gasteiger partial charge on any atom is 0.309 e. The van der Waals surface area contributed by atoms with Crippen LogP contribution < -0.4 is 0 Å². The second-order valence-corrected chi connectivity index (χ2v) is 8.81. The van der Waals surface area contributed by atoms with Crippen LogP contribution >= 0.6 is 0 Å². The Labute approximate surface area is 151 Å². The third-order valence-corrected chi connectivity index (χ3v) is 7.03. The first-order chi connectivity index (χ1) is 11.6. The van der Waals surface area contributed by atoms with E-state index in [0.29, 0.717) is 6.42 Å². The van der Waals surface area contributed by atoms with Gasteiger partial charge in [-0.3, -0.25) is 4.79 Å². The predicted octanol–water partition coefficient (Wildman–Crippen LogP) is 3.79. The smallest absolute Gasteiger partial charge is 0.309 e. The highest BCUT2D eigenvalue weighted by Crippen LogP contribution is 2.63. The van der Waals surface area contributed by atoms with Crippen molar-refractivity contribution in [2.75, 3.05) is 6.61 Å². The zero-order chi connectivity index (χ0) is 19.0. The van der Waals surface area contributed by atoms with Gasteiger partial charge in [-0.15, -0.1) is 0 Å². The van der Waals surface area contributed by atoms with Gasteiger partial charge in [0.15, 0.2) is 0 Å². The number of allylic oxidation sites excluding steroid dienone is 4. The molecule has 1 saturated carbocycles. The van der Waals surface area contributed by atoms with E-state index in [4.69, 9.17) is 0 Å². The number of carboxylic acids is 1. The first-order valence-electron chi connectivity index (χ1n) is 9.42. The van der Waals surface area contributed by atoms with E-state index in [1.807, 2.05) is 6.92 Å². The molecule has 2 aliphatic rings. The molecule has 0 radical (unpaired) electrons. The number of rotatable bonds is 5. The monoisotopic (exact) mass is 350 g/mol. The SMILES string of the molecule is CC=C(C)CC[C@H]1C(C)=CC[C@H]2C(C)(C)CC(O)C(C(=O)O)[C@]12CO. The molecule has 1 fully saturated rings. The van der Waals surface area contributed by atoms with Crippen molar-refractivity contribution in [3.05, 3.63) is 23.3 Å². The van der Waals surface area contributed by atoms with Crippen molar-refractivity contribution in [2.45, 2.75) is 66.4 Å². The summed E-state index contributed by atoms with van der Waals surface area (Å²) in [5.74, 6) is -1.88. The number of hydrogen-bond donors (Lipinski definition) is 3. The molecule has 2 unspecified atom stereocenters. The Bertz CT molecular complexity index is 574. The minimum Gasteiger partial charge on any atom is -0.481 e. The molecule has 3 N–H and O–H groups in total. The van der Waals surface area contributed by atoms with Crippen molar-refractivity contribution in [2.24, 2.45) is 28.6 Å². The van der Waals surface area contributed by atoms with E-state index in [9.17, 15) is 20.1 Å². The number of carbonyl (C=O) groups is 1. The number of carboxylic acid groups (broad SMARTS) is 1. The highest BCUT2D eigenvalue weighted by Gasteiger charge is 2.63. The Balaban J connectivity index is 2.57. The van der Waals surface area contributed by atoms with Gasteiger partial charge < -0.3 is 15.3 Å². The first-order valence-corrected chi connectivity index (χ1v) is 9.42. The molecule has 0 spiro atoms. The van der Waals surface area contributed by atoms with Gasteiger partial charge in [-0.25, -0.2) is 0 Å². The van der Waals surface area contributed by atoms with Gasteiger partial charge in [0, 0.05) is 5.41 Å². The van der Waals surface area contributed by atoms with E-state index in [2.05, 4.69) is 39.8 Å². The maximum absolute atomic E-state index is 12.1. The standard InChI is InChI=1S/C21H34O4/c1-6-13(2)7-9-15-14(3)8-10-17-20(4,5)11-16(23)18(19(24)25)21(15,17)12-22/h6,8,15-18,22-23H,7,9-12H2,1-5H3,(H,24,25)/t15-,16?,17-,18?,21+/m0/s1. The van der Waals surface area contributed by atoms with Crippen LogP contribution in [0.2, 0.25) is 0 Å². The number of fused-ring (bicyclic) bond motifs is 1. The van der Waals surface area contributed by atoms with Crippen LogP contribution in [-0.4, -0.2) is 34.0 Å². The Morgan fingerprint density at radius 3 is 2.56 bits per heavy atom. The number of aliphatic hydroxyl groups excluding tert-OH is 2. The molecule has 2 aliphatic carbocycles. The summed E-state index contributed by atoms with van der Waals surface area (Å²) in [6, 6.07) is 0. The van der Waals surface area contributed by atoms with E-state index in [1.54, 1.807) is 0 Å². The molecule has 142 valence electrons. The van der Waals surface area contributed by atoms with Gasteiger partial charge in [-0.1, -0.05) is 37.1 Å². The molecule has 0 aromatic heterocycles. The van der Waals surface area contributed by atoms with E-state index >= 15 is 0 Å². The van der Waals surface area contributed by atoms with Crippen LogP contribution in [0.3, 0.4) is 0 Å². The average molecular weight is 350 g/mol. The lowest BCUT2D eigenvalue weighted by atomic mass is 9.43. The van der Waals surface area contributed by atoms with Crippen LogP contribution in [0.5, 0.6) is 0 Å². The van der Waals surface area contributed by atoms with Gasteiger partial charge in [-0.05, 0) is 63.7 Å². The Morgan fingerprint density at radius 1 is 1.40 bits per heavy atom. The summed E-state index contributed by atoms with van der Waals surface area (Å²) < 4.78 is 0. The van der Waals surface area contributed by atoms with E-state index < -0.39 is 23.4 Å². The highest BCUT2D eigenvalue weighted by molar-refractivity contribution is 5.72. The average Bonchev–Trinajstić information content (AvgIpc) is 2.51. The molecule has 0 aliphatic heterocycles. The molecule has 0 saturated heterocycles. The zero-order valence-electron chi connectivity index (χ0n) is 16.2. The summed E-state index contributed by atoms with van der Waals surface area (Å²) in [5, 5.41) is 31.2. The fraction of sp³-hybridized carbons (Fsp3) is 0.762. The molecule has 0 aromatic rings. The molecule has 0 bridgehead atoms. The fourth-order valence-corrected chi connectivity index (χ4v) is 5.70. The van der Waals surface area contributed by atoms with Crippen LogP contribution in [0.1, 0.15) is 60.3 Å². The summed E-state index contributed by atoms with van der Waals surface area (Å²) in [5.41, 5.74) is 1.41. The van der Waals surface area contributed by atoms with Crippen molar-refractivity contribution in [3.8, 4) is 0 Å². The zero-order valence-corrected chi connectivity index (χ0v) is 16.2. The van der Waals surface area contributed by atoms with Crippen molar-refractivity contribution in [1.82, 2.24) is 0 Å². The van der Waals surface area contributed by atoms with Gasteiger partial charge in [0.05, 0.1) is 18.6 Å². The molecule has 2 rings (SSSR count). The van der Waals surface area contributed by atoms with Crippen LogP contribution in [0.15, 0.2) is 23.3 Å². The lowest BCUT2D eigenvalue weighted by molar-refractivity contribution is -0.195. The normalized spacial score (nSPS) is 38.0. The summed E-state index contributed by atoms with van der Waals surface area (Å²) in [6.07, 6.45) is 6.31. The minimum atomic E-state index is -0.982. The molecule has 25 heavy (non-hydrogen) atoms. The summed E-state index contributed by atoms with van der Waals surface area (Å²) >= 11 is 0. The highest BCUT2D eigenvalue weighted by atomic mass is 16.4. The third-order valence-electron chi connectivity index (χ3n) is 7.03. The molecular weight excluding hydrogens is 316 g/mol. The largest absolute Gasteiger partial charge is 0.481 e. The summed E-state index contributed by atoms with van der Waals surface area (Å²) in [4.78, 5) is 12.1. The predicted molar refractivity (Wildman–Crippen MR) is 99.1 cm³/mol. The second-order valence-electron chi connectivity index (χ2n) is 8.81. The van der Waals surface area contributed by atoms with E-state index in [0.717, 1.165) is 24.8 Å². The second kappa shape index (κ2) is 7.24. The quantitative estimate of drug-likeness (QED) is 0.659. The van der Waals surface area contributed by atoms with Crippen molar-refractivity contribution < 1.29 is 20.1 Å². The Hall–Kier alpha value is -1.13. The van der Waals surface area contributed by atoms with Gasteiger partial charge in [0.25, 0.3) is 0 Å². The topological polar surface area (TPSA) is 77.8 Å². The molecular formula is C21H34O4. The lowest BCUT2D eigenvalue weighted by Crippen LogP contribution is -2.63. The van der Waals surface area contributed by atoms with Crippen LogP contribution in [0.25, 0.3) is 0 Å². The van der Waals surface area contributed by atoms with Gasteiger partial charge in [-0.2, -0.15) is 0 Å². The van der Waals surface area contributed by atoms with Crippen molar-refractivity contribution >= 4 is 5.97 Å². The Kier molecular flexibility index (Phi) is 5.85. The van der Waals surface area contributed by atoms with Crippen molar-refractivity contribution in [3.63, 3.8) is 0 Å². The summed E-state index contributed by atoms with van der Waals surface area (Å²) in [7, 11) is 0. The van der Waals surface area contributed by atoms with Crippen LogP contribution in [-0.2, 0) is 4.79 Å². The number of aliphatic carboxylic acids is 1. The van der Waals surface area contributed by atoms with Gasteiger partial charge in [0.2, 0.25) is 0 Å². The third kappa shape index (κ3) is 3.31. The number of hydrogen-bond acceptors (Lipinski definition) is 3. The van der Waals surface area contributed by atoms with E-state index in [-0.39, 0.29) is 23.9 Å². The fourth-order valence-electron chi connectivity index (χ4n) is 5.70. The first kappa shape index (κ1) is 20.2. The molecule has 5 atom stereocenters. The minimum absolute atomic E-state index is 0.0264. The molecule has 0 amide bonds. The number of aliphatic hydroxyl groups is 2. The van der Waals surface area contributed by atoms with Crippen LogP contribution in [0.4, 0.5) is 0 Å². The van der Waals surface area contributed by atoms with Crippen molar-refractivity contribution in [1.29, 1.82) is 0 Å². The van der Waals surface area contributed by atoms with E-state index in [1.165, 1.54) is 5.57 Å².